The summed E-state index contributed by atoms with van der Waals surface area (Å²) in [7, 11) is 0. The Bertz CT molecular complexity index is 770. The first-order valence-electron chi connectivity index (χ1n) is 11.2. The Morgan fingerprint density at radius 3 is 2.04 bits per heavy atom. The highest BCUT2D eigenvalue weighted by atomic mass is 16.5. The van der Waals surface area contributed by atoms with E-state index in [1.54, 1.807) is 0 Å². The number of hydrogen-bond donors (Lipinski definition) is 1. The maximum absolute atomic E-state index is 5.92. The predicted molar refractivity (Wildman–Crippen MR) is 121 cm³/mol. The average molecular weight is 378 g/mol. The number of hydrogen-bond acceptors (Lipinski definition) is 1. The molecule has 28 heavy (non-hydrogen) atoms. The van der Waals surface area contributed by atoms with Crippen LogP contribution in [0.5, 0.6) is 5.75 Å². The lowest BCUT2D eigenvalue weighted by Gasteiger charge is -2.07. The highest BCUT2D eigenvalue weighted by Crippen LogP contribution is 2.25. The van der Waals surface area contributed by atoms with E-state index >= 15 is 0 Å². The number of benzene rings is 2. The topological polar surface area (TPSA) is 25.0 Å². The van der Waals surface area contributed by atoms with Crippen LogP contribution >= 0.6 is 0 Å². The molecule has 0 amide bonds. The summed E-state index contributed by atoms with van der Waals surface area (Å²) in [6, 6.07) is 19.0. The molecule has 0 aliphatic rings. The highest BCUT2D eigenvalue weighted by Gasteiger charge is 2.03. The Morgan fingerprint density at radius 1 is 0.714 bits per heavy atom. The van der Waals surface area contributed by atoms with Crippen molar-refractivity contribution in [1.82, 2.24) is 4.98 Å². The maximum atomic E-state index is 5.92. The van der Waals surface area contributed by atoms with Gasteiger partial charge >= 0.3 is 0 Å². The van der Waals surface area contributed by atoms with Gasteiger partial charge in [0.25, 0.3) is 0 Å². The summed E-state index contributed by atoms with van der Waals surface area (Å²) in [6.45, 7) is 3.10. The molecule has 0 radical (unpaired) electrons. The van der Waals surface area contributed by atoms with Gasteiger partial charge in [-0.3, -0.25) is 0 Å². The number of H-pyrrole nitrogens is 1. The van der Waals surface area contributed by atoms with Crippen LogP contribution in [0.3, 0.4) is 0 Å². The molecule has 1 aromatic heterocycles. The van der Waals surface area contributed by atoms with Gasteiger partial charge in [-0.05, 0) is 48.4 Å². The zero-order valence-corrected chi connectivity index (χ0v) is 17.4. The molecule has 1 N–H and O–H groups in total. The lowest BCUT2D eigenvalue weighted by molar-refractivity contribution is 0.304. The van der Waals surface area contributed by atoms with Crippen LogP contribution in [0.25, 0.3) is 22.2 Å². The number of para-hydroxylation sites is 1. The summed E-state index contributed by atoms with van der Waals surface area (Å²) in [5.74, 6) is 0.968. The molecule has 0 bridgehead atoms. The molecule has 3 rings (SSSR count). The molecule has 0 saturated heterocycles. The Balaban J connectivity index is 1.31. The van der Waals surface area contributed by atoms with E-state index in [0.717, 1.165) is 24.5 Å². The molecule has 0 unspecified atom stereocenters. The summed E-state index contributed by atoms with van der Waals surface area (Å²) in [4.78, 5) is 3.48. The van der Waals surface area contributed by atoms with Crippen molar-refractivity contribution in [3.8, 4) is 17.0 Å². The minimum absolute atomic E-state index is 0.822. The number of aromatic amines is 1. The zero-order chi connectivity index (χ0) is 19.4. The van der Waals surface area contributed by atoms with Crippen LogP contribution in [-0.4, -0.2) is 11.6 Å². The van der Waals surface area contributed by atoms with E-state index in [0.29, 0.717) is 0 Å². The van der Waals surface area contributed by atoms with Gasteiger partial charge in [-0.1, -0.05) is 82.9 Å². The van der Waals surface area contributed by atoms with Gasteiger partial charge in [0, 0.05) is 16.6 Å². The molecular weight excluding hydrogens is 342 g/mol. The molecule has 0 atom stereocenters. The fourth-order valence-corrected chi connectivity index (χ4v) is 3.74. The number of ether oxygens (including phenoxy) is 1. The Kier molecular flexibility index (Phi) is 8.49. The molecule has 0 aliphatic carbocycles. The first-order valence-corrected chi connectivity index (χ1v) is 11.2. The van der Waals surface area contributed by atoms with Crippen molar-refractivity contribution in [3.05, 3.63) is 54.6 Å². The standard InChI is InChI=1S/C26H35NO/c1-2-3-4-5-6-7-8-9-10-13-20-28-24-18-16-22(17-19-24)26-21-23-14-11-12-15-25(23)27-26/h11-12,14-19,21,27H,2-10,13,20H2,1H3. The maximum Gasteiger partial charge on any atom is 0.119 e. The second-order valence-electron chi connectivity index (χ2n) is 7.83. The van der Waals surface area contributed by atoms with Crippen molar-refractivity contribution in [3.63, 3.8) is 0 Å². The number of unbranched alkanes of at least 4 members (excludes halogenated alkanes) is 9. The molecule has 2 nitrogen and oxygen atoms in total. The molecule has 0 fully saturated rings. The van der Waals surface area contributed by atoms with E-state index in [9.17, 15) is 0 Å². The number of rotatable bonds is 13. The van der Waals surface area contributed by atoms with Gasteiger partial charge in [-0.25, -0.2) is 0 Å². The molecule has 150 valence electrons. The minimum Gasteiger partial charge on any atom is -0.494 e. The second-order valence-corrected chi connectivity index (χ2v) is 7.83. The van der Waals surface area contributed by atoms with Crippen molar-refractivity contribution in [2.45, 2.75) is 71.1 Å². The molecule has 1 heterocycles. The molecule has 0 aliphatic heterocycles. The zero-order valence-electron chi connectivity index (χ0n) is 17.4. The van der Waals surface area contributed by atoms with Crippen molar-refractivity contribution < 1.29 is 4.74 Å². The van der Waals surface area contributed by atoms with Gasteiger partial charge in [0.05, 0.1) is 6.61 Å². The van der Waals surface area contributed by atoms with Crippen LogP contribution in [0.15, 0.2) is 54.6 Å². The van der Waals surface area contributed by atoms with Crippen LogP contribution in [0, 0.1) is 0 Å². The Hall–Kier alpha value is -2.22. The average Bonchev–Trinajstić information content (AvgIpc) is 3.17. The lowest BCUT2D eigenvalue weighted by Crippen LogP contribution is -1.97. The van der Waals surface area contributed by atoms with Crippen molar-refractivity contribution in [1.29, 1.82) is 0 Å². The Labute approximate surface area is 170 Å². The molecule has 2 aromatic carbocycles. The van der Waals surface area contributed by atoms with Crippen LogP contribution in [-0.2, 0) is 0 Å². The van der Waals surface area contributed by atoms with Crippen molar-refractivity contribution in [2.24, 2.45) is 0 Å². The largest absolute Gasteiger partial charge is 0.494 e. The first kappa shape index (κ1) is 20.5. The van der Waals surface area contributed by atoms with Gasteiger partial charge < -0.3 is 9.72 Å². The van der Waals surface area contributed by atoms with E-state index in [1.165, 1.54) is 74.3 Å². The van der Waals surface area contributed by atoms with Crippen LogP contribution < -0.4 is 4.74 Å². The normalized spacial score (nSPS) is 11.2. The quantitative estimate of drug-likeness (QED) is 0.299. The van der Waals surface area contributed by atoms with Crippen LogP contribution in [0.1, 0.15) is 71.1 Å². The van der Waals surface area contributed by atoms with Crippen molar-refractivity contribution >= 4 is 10.9 Å². The van der Waals surface area contributed by atoms with Gasteiger partial charge in [0.15, 0.2) is 0 Å². The van der Waals surface area contributed by atoms with Gasteiger partial charge in [-0.15, -0.1) is 0 Å². The van der Waals surface area contributed by atoms with Crippen molar-refractivity contribution in [2.75, 3.05) is 6.61 Å². The van der Waals surface area contributed by atoms with Crippen LogP contribution in [0.4, 0.5) is 0 Å². The molecule has 0 spiro atoms. The lowest BCUT2D eigenvalue weighted by atomic mass is 10.1. The van der Waals surface area contributed by atoms with Gasteiger partial charge in [0.1, 0.15) is 5.75 Å². The fourth-order valence-electron chi connectivity index (χ4n) is 3.74. The second kappa shape index (κ2) is 11.6. The fraction of sp³-hybridized carbons (Fsp3) is 0.462. The van der Waals surface area contributed by atoms with Gasteiger partial charge in [-0.2, -0.15) is 0 Å². The first-order chi connectivity index (χ1) is 13.9. The summed E-state index contributed by atoms with van der Waals surface area (Å²) in [5.41, 5.74) is 3.53. The molecule has 0 saturated carbocycles. The smallest absolute Gasteiger partial charge is 0.119 e. The number of aromatic nitrogens is 1. The van der Waals surface area contributed by atoms with E-state index in [-0.39, 0.29) is 0 Å². The summed E-state index contributed by atoms with van der Waals surface area (Å²) in [6.07, 6.45) is 13.6. The Morgan fingerprint density at radius 2 is 1.36 bits per heavy atom. The van der Waals surface area contributed by atoms with E-state index in [1.807, 2.05) is 0 Å². The predicted octanol–water partition coefficient (Wildman–Crippen LogP) is 8.13. The monoisotopic (exact) mass is 377 g/mol. The summed E-state index contributed by atoms with van der Waals surface area (Å²) >= 11 is 0. The van der Waals surface area contributed by atoms with E-state index in [4.69, 9.17) is 4.74 Å². The molecule has 2 heteroatoms. The van der Waals surface area contributed by atoms with E-state index in [2.05, 4.69) is 66.5 Å². The summed E-state index contributed by atoms with van der Waals surface area (Å²) in [5, 5.41) is 1.25. The number of nitrogens with one attached hydrogen (secondary N) is 1. The van der Waals surface area contributed by atoms with E-state index < -0.39 is 0 Å². The van der Waals surface area contributed by atoms with Gasteiger partial charge in [0.2, 0.25) is 0 Å². The van der Waals surface area contributed by atoms with Crippen LogP contribution in [0.2, 0.25) is 0 Å². The SMILES string of the molecule is CCCCCCCCCCCCOc1ccc(-c2cc3ccccc3[nH]2)cc1. The summed E-state index contributed by atoms with van der Waals surface area (Å²) < 4.78 is 5.92. The third-order valence-corrected chi connectivity index (χ3v) is 5.46. The molecule has 3 aromatic rings. The molecular formula is C26H35NO. The highest BCUT2D eigenvalue weighted by molar-refractivity contribution is 5.85. The third kappa shape index (κ3) is 6.44. The third-order valence-electron chi connectivity index (χ3n) is 5.46. The number of fused-ring (bicyclic) bond motifs is 1. The minimum atomic E-state index is 0.822.